The van der Waals surface area contributed by atoms with Crippen LogP contribution < -0.4 is 31.6 Å². The van der Waals surface area contributed by atoms with Crippen molar-refractivity contribution < 1.29 is 32.2 Å². The molecule has 2 aromatic carbocycles. The molecule has 0 aliphatic carbocycles. The van der Waals surface area contributed by atoms with Crippen molar-refractivity contribution in [1.82, 2.24) is 35.4 Å². The highest BCUT2D eigenvalue weighted by Gasteiger charge is 2.34. The topological polar surface area (TPSA) is 204 Å². The Morgan fingerprint density at radius 3 is 2.19 bits per heavy atom. The Bertz CT molecular complexity index is 2600. The number of fused-ring (bicyclic) bond motifs is 2. The molecule has 1 aliphatic rings. The van der Waals surface area contributed by atoms with Crippen molar-refractivity contribution in [3.63, 3.8) is 0 Å². The predicted octanol–water partition coefficient (Wildman–Crippen LogP) is 7.84. The number of aromatic amines is 2. The van der Waals surface area contributed by atoms with Gasteiger partial charge in [-0.2, -0.15) is 13.2 Å². The lowest BCUT2D eigenvalue weighted by Gasteiger charge is -2.18. The monoisotopic (exact) mass is 893 g/mol. The van der Waals surface area contributed by atoms with E-state index in [1.807, 2.05) is 19.9 Å². The molecule has 1 fully saturated rings. The minimum Gasteiger partial charge on any atom is -0.456 e. The smallest absolute Gasteiger partial charge is 0.417 e. The molecule has 0 atom stereocenters. The van der Waals surface area contributed by atoms with Crippen LogP contribution in [0.25, 0.3) is 21.8 Å². The van der Waals surface area contributed by atoms with Crippen molar-refractivity contribution in [3.8, 4) is 22.3 Å². The average molecular weight is 894 g/mol. The van der Waals surface area contributed by atoms with Crippen LogP contribution in [0.3, 0.4) is 0 Å². The molecule has 5 heterocycles. The van der Waals surface area contributed by atoms with Crippen LogP contribution in [0.5, 0.6) is 22.3 Å². The minimum absolute atomic E-state index is 0.0416. The molecule has 7 rings (SSSR count). The van der Waals surface area contributed by atoms with Gasteiger partial charge in [0.1, 0.15) is 22.9 Å². The predicted molar refractivity (Wildman–Crippen MR) is 236 cm³/mol. The van der Waals surface area contributed by atoms with Gasteiger partial charge < -0.3 is 30.9 Å². The van der Waals surface area contributed by atoms with E-state index in [0.29, 0.717) is 39.7 Å². The maximum absolute atomic E-state index is 13.8. The summed E-state index contributed by atoms with van der Waals surface area (Å²) < 4.78 is 53.2. The number of rotatable bonds is 12. The number of ether oxygens (including phenoxy) is 2. The highest BCUT2D eigenvalue weighted by Crippen LogP contribution is 2.40. The van der Waals surface area contributed by atoms with Crippen LogP contribution in [-0.2, 0) is 19.3 Å². The number of amides is 2. The summed E-state index contributed by atoms with van der Waals surface area (Å²) in [4.78, 5) is 47.8. The standard InChI is InChI=1S/C22H25F3N6O2.C20H22ClN5O2S/c1-4-31(5-2)12-13-6-15(11-28-10-13)33-14-7-17(22(23,24)25)16-9-19(29-18(16)8-14)20(32)30-21(26)27-3;1-23-20(22)25-19(27)15-10-13-14(21)5-6-16(18(13)24-15)28-17-7-4-12(29-17)11-26-8-2-3-9-26/h6-11,29H,4-5,12H2,1-3H3,(H3,26,27,30,32);4-7,10,24H,2-3,8-9,11H2,1H3,(H3,22,23,25,27). The fraction of sp³-hybridized carbons (Fsp3) is 0.310. The summed E-state index contributed by atoms with van der Waals surface area (Å²) in [7, 11) is 2.88. The summed E-state index contributed by atoms with van der Waals surface area (Å²) in [6.07, 6.45) is 1.01. The number of aromatic nitrogens is 3. The van der Waals surface area contributed by atoms with Crippen LogP contribution in [-0.4, -0.2) is 88.8 Å². The SMILES string of the molecule is CCN(CC)Cc1cncc(Oc2cc(C(F)(F)F)c3cc(C(=O)NC(N)=NC)[nH]c3c2)c1.CN=C(N)NC(=O)c1cc2c(Cl)ccc(Oc3ccc(CN4CCCC4)s3)c2[nH]1. The van der Waals surface area contributed by atoms with Crippen LogP contribution >= 0.6 is 22.9 Å². The lowest BCUT2D eigenvalue weighted by atomic mass is 10.1. The molecule has 6 aromatic rings. The summed E-state index contributed by atoms with van der Waals surface area (Å²) in [5, 5.41) is 6.65. The van der Waals surface area contributed by atoms with Gasteiger partial charge in [0.25, 0.3) is 11.8 Å². The number of alkyl halides is 3. The third-order valence-electron chi connectivity index (χ3n) is 9.91. The second-order valence-electron chi connectivity index (χ2n) is 14.2. The van der Waals surface area contributed by atoms with Gasteiger partial charge in [-0.1, -0.05) is 25.4 Å². The third-order valence-corrected chi connectivity index (χ3v) is 11.2. The zero-order chi connectivity index (χ0) is 44.6. The number of nitrogens with two attached hydrogens (primary N) is 2. The molecule has 0 saturated carbocycles. The summed E-state index contributed by atoms with van der Waals surface area (Å²) in [5.41, 5.74) is 12.0. The van der Waals surface area contributed by atoms with Gasteiger partial charge in [0.15, 0.2) is 22.7 Å². The fourth-order valence-electron chi connectivity index (χ4n) is 6.69. The fourth-order valence-corrected chi connectivity index (χ4v) is 7.81. The van der Waals surface area contributed by atoms with Gasteiger partial charge in [-0.15, -0.1) is 11.3 Å². The van der Waals surface area contributed by atoms with E-state index in [9.17, 15) is 22.8 Å². The third kappa shape index (κ3) is 11.4. The van der Waals surface area contributed by atoms with Crippen LogP contribution in [0.2, 0.25) is 5.02 Å². The van der Waals surface area contributed by atoms with Crippen molar-refractivity contribution in [2.24, 2.45) is 21.5 Å². The highest BCUT2D eigenvalue weighted by atomic mass is 35.5. The number of likely N-dealkylation sites (tertiary alicyclic amines) is 1. The maximum Gasteiger partial charge on any atom is 0.417 e. The van der Waals surface area contributed by atoms with Crippen molar-refractivity contribution in [2.45, 2.75) is 46.0 Å². The molecule has 8 N–H and O–H groups in total. The number of carbonyl (C=O) groups excluding carboxylic acids is 2. The number of hydrogen-bond donors (Lipinski definition) is 6. The number of nitrogens with zero attached hydrogens (tertiary/aromatic N) is 5. The molecular weight excluding hydrogens is 847 g/mol. The van der Waals surface area contributed by atoms with Crippen molar-refractivity contribution in [2.75, 3.05) is 40.3 Å². The molecule has 0 bridgehead atoms. The first-order valence-electron chi connectivity index (χ1n) is 19.6. The lowest BCUT2D eigenvalue weighted by Crippen LogP contribution is -2.36. The molecule has 4 aromatic heterocycles. The van der Waals surface area contributed by atoms with Gasteiger partial charge in [0, 0.05) is 55.1 Å². The first-order chi connectivity index (χ1) is 29.7. The Balaban J connectivity index is 0.000000208. The van der Waals surface area contributed by atoms with Gasteiger partial charge in [-0.05, 0) is 93.1 Å². The van der Waals surface area contributed by atoms with Crippen LogP contribution in [0.4, 0.5) is 13.2 Å². The van der Waals surface area contributed by atoms with E-state index in [0.717, 1.165) is 55.5 Å². The average Bonchev–Trinajstić information content (AvgIpc) is 4.09. The number of nitrogens with one attached hydrogen (secondary N) is 4. The molecule has 15 nitrogen and oxygen atoms in total. The first kappa shape index (κ1) is 45.4. The number of benzene rings is 2. The van der Waals surface area contributed by atoms with E-state index in [2.05, 4.69) is 51.4 Å². The first-order valence-corrected chi connectivity index (χ1v) is 20.8. The minimum atomic E-state index is -4.67. The molecule has 62 heavy (non-hydrogen) atoms. The second kappa shape index (κ2) is 20.1. The summed E-state index contributed by atoms with van der Waals surface area (Å²) in [5.74, 6) is -0.344. The second-order valence-corrected chi connectivity index (χ2v) is 15.7. The highest BCUT2D eigenvalue weighted by molar-refractivity contribution is 7.13. The molecular formula is C42H47ClF3N11O4S. The number of H-pyrrole nitrogens is 2. The van der Waals surface area contributed by atoms with Crippen molar-refractivity contribution in [1.29, 1.82) is 0 Å². The molecule has 0 radical (unpaired) electrons. The number of aliphatic imine (C=N–C) groups is 2. The van der Waals surface area contributed by atoms with Crippen molar-refractivity contribution in [3.05, 3.63) is 99.4 Å². The number of halogens is 4. The Kier molecular flexibility index (Phi) is 14.7. The maximum atomic E-state index is 13.8. The van der Waals surface area contributed by atoms with Crippen LogP contribution in [0.15, 0.2) is 77.0 Å². The zero-order valence-electron chi connectivity index (χ0n) is 34.5. The van der Waals surface area contributed by atoms with Gasteiger partial charge >= 0.3 is 6.18 Å². The molecule has 0 unspecified atom stereocenters. The Morgan fingerprint density at radius 2 is 1.55 bits per heavy atom. The summed E-state index contributed by atoms with van der Waals surface area (Å²) in [6.45, 7) is 9.70. The quantitative estimate of drug-likeness (QED) is 0.0523. The Hall–Kier alpha value is -6.15. The van der Waals surface area contributed by atoms with E-state index in [-0.39, 0.29) is 34.3 Å². The Labute approximate surface area is 364 Å². The molecule has 2 amide bonds. The van der Waals surface area contributed by atoms with Crippen LogP contribution in [0, 0.1) is 0 Å². The number of carbonyl (C=O) groups is 2. The van der Waals surface area contributed by atoms with E-state index >= 15 is 0 Å². The van der Waals surface area contributed by atoms with Gasteiger partial charge in [0.05, 0.1) is 27.8 Å². The van der Waals surface area contributed by atoms with E-state index < -0.39 is 23.6 Å². The largest absolute Gasteiger partial charge is 0.456 e. The molecule has 1 saturated heterocycles. The normalized spacial score (nSPS) is 13.7. The number of guanidine groups is 2. The molecule has 328 valence electrons. The molecule has 1 aliphatic heterocycles. The Morgan fingerprint density at radius 1 is 0.887 bits per heavy atom. The van der Waals surface area contributed by atoms with Gasteiger partial charge in [-0.3, -0.25) is 45.0 Å². The summed E-state index contributed by atoms with van der Waals surface area (Å²) in [6, 6.07) is 14.5. The van der Waals surface area contributed by atoms with Gasteiger partial charge in [-0.25, -0.2) is 0 Å². The van der Waals surface area contributed by atoms with E-state index in [4.69, 9.17) is 32.5 Å². The molecule has 20 heteroatoms. The summed E-state index contributed by atoms with van der Waals surface area (Å²) >= 11 is 7.95. The zero-order valence-corrected chi connectivity index (χ0v) is 36.0. The van der Waals surface area contributed by atoms with Crippen molar-refractivity contribution >= 4 is 68.5 Å². The number of hydrogen-bond acceptors (Lipinski definition) is 10. The molecule has 0 spiro atoms. The number of thiophene rings is 1. The number of pyridine rings is 1. The lowest BCUT2D eigenvalue weighted by molar-refractivity contribution is -0.136. The van der Waals surface area contributed by atoms with E-state index in [1.54, 1.807) is 41.8 Å². The van der Waals surface area contributed by atoms with Gasteiger partial charge in [0.2, 0.25) is 0 Å². The van der Waals surface area contributed by atoms with Crippen LogP contribution in [0.1, 0.15) is 63.7 Å². The van der Waals surface area contributed by atoms with E-state index in [1.165, 1.54) is 44.1 Å².